The van der Waals surface area contributed by atoms with Gasteiger partial charge in [-0.3, -0.25) is 0 Å². The summed E-state index contributed by atoms with van der Waals surface area (Å²) in [5.41, 5.74) is 3.71. The molecule has 0 aliphatic carbocycles. The molecule has 3 aromatic carbocycles. The lowest BCUT2D eigenvalue weighted by Crippen LogP contribution is -2.22. The maximum atomic E-state index is 6.38. The Labute approximate surface area is 182 Å². The van der Waals surface area contributed by atoms with Gasteiger partial charge >= 0.3 is 0 Å². The Morgan fingerprint density at radius 3 is 2.37 bits per heavy atom. The lowest BCUT2D eigenvalue weighted by atomic mass is 9.96. The van der Waals surface area contributed by atoms with Crippen molar-refractivity contribution in [3.8, 4) is 11.5 Å². The van der Waals surface area contributed by atoms with Crippen LogP contribution in [0.4, 0.5) is 0 Å². The Balaban J connectivity index is 1.97. The topological polar surface area (TPSA) is 30.5 Å². The van der Waals surface area contributed by atoms with Crippen LogP contribution in [0.25, 0.3) is 0 Å². The smallest absolute Gasteiger partial charge is 0.165 e. The van der Waals surface area contributed by atoms with Crippen LogP contribution in [0.2, 0.25) is 0 Å². The van der Waals surface area contributed by atoms with E-state index in [4.69, 9.17) is 9.47 Å². The molecular formula is C26H32NO2P. The van der Waals surface area contributed by atoms with E-state index in [9.17, 15) is 0 Å². The summed E-state index contributed by atoms with van der Waals surface area (Å²) in [6.07, 6.45) is 1.01. The Morgan fingerprint density at radius 1 is 0.933 bits per heavy atom. The van der Waals surface area contributed by atoms with Crippen LogP contribution in [-0.4, -0.2) is 14.2 Å². The summed E-state index contributed by atoms with van der Waals surface area (Å²) in [6.45, 7) is 5.99. The maximum absolute atomic E-state index is 6.38. The fourth-order valence-corrected chi connectivity index (χ4v) is 5.23. The van der Waals surface area contributed by atoms with Gasteiger partial charge in [-0.15, -0.1) is 0 Å². The minimum absolute atomic E-state index is 0.0512. The number of ether oxygens (including phenoxy) is 2. The van der Waals surface area contributed by atoms with Gasteiger partial charge in [-0.05, 0) is 36.0 Å². The summed E-state index contributed by atoms with van der Waals surface area (Å²) in [6, 6.07) is 25.2. The van der Waals surface area contributed by atoms with E-state index in [1.165, 1.54) is 16.4 Å². The molecule has 0 bridgehead atoms. The Kier molecular flexibility index (Phi) is 7.90. The quantitative estimate of drug-likeness (QED) is 0.431. The summed E-state index contributed by atoms with van der Waals surface area (Å²) in [7, 11) is 4.33. The normalized spacial score (nSPS) is 13.3. The number of hydrogen-bond donors (Lipinski definition) is 1. The van der Waals surface area contributed by atoms with E-state index >= 15 is 0 Å². The van der Waals surface area contributed by atoms with Crippen LogP contribution in [0.5, 0.6) is 11.5 Å². The van der Waals surface area contributed by atoms with Crippen molar-refractivity contribution in [2.75, 3.05) is 14.2 Å². The number of nitrogens with one attached hydrogen (secondary N) is 1. The second-order valence-electron chi connectivity index (χ2n) is 7.61. The van der Waals surface area contributed by atoms with Gasteiger partial charge < -0.3 is 14.8 Å². The minimum Gasteiger partial charge on any atom is -0.493 e. The molecule has 1 N–H and O–H groups in total. The highest BCUT2D eigenvalue weighted by molar-refractivity contribution is 7.48. The molecule has 0 fully saturated rings. The molecule has 0 radical (unpaired) electrons. The Morgan fingerprint density at radius 2 is 1.67 bits per heavy atom. The molecule has 0 amide bonds. The second-order valence-corrected chi connectivity index (χ2v) is 9.50. The molecular weight excluding hydrogens is 389 g/mol. The summed E-state index contributed by atoms with van der Waals surface area (Å²) >= 11 is 0. The van der Waals surface area contributed by atoms with Gasteiger partial charge in [0.1, 0.15) is 6.61 Å². The van der Waals surface area contributed by atoms with E-state index in [1.54, 1.807) is 7.11 Å². The van der Waals surface area contributed by atoms with Gasteiger partial charge in [0, 0.05) is 17.3 Å². The van der Waals surface area contributed by atoms with Crippen molar-refractivity contribution in [2.45, 2.75) is 38.6 Å². The first kappa shape index (κ1) is 22.3. The lowest BCUT2D eigenvalue weighted by molar-refractivity contribution is 0.278. The molecule has 0 spiro atoms. The summed E-state index contributed by atoms with van der Waals surface area (Å²) in [4.78, 5) is 0. The zero-order valence-corrected chi connectivity index (χ0v) is 19.4. The second kappa shape index (κ2) is 10.6. The monoisotopic (exact) mass is 421 g/mol. The van der Waals surface area contributed by atoms with Crippen LogP contribution in [0.3, 0.4) is 0 Å². The van der Waals surface area contributed by atoms with Crippen molar-refractivity contribution in [3.63, 3.8) is 0 Å². The van der Waals surface area contributed by atoms with E-state index < -0.39 is 0 Å². The molecule has 0 saturated carbocycles. The van der Waals surface area contributed by atoms with Crippen LogP contribution >= 0.6 is 8.58 Å². The first-order chi connectivity index (χ1) is 14.6. The predicted octanol–water partition coefficient (Wildman–Crippen LogP) is 5.62. The Hall–Kier alpha value is -2.35. The molecule has 4 heteroatoms. The van der Waals surface area contributed by atoms with Gasteiger partial charge in [-0.25, -0.2) is 0 Å². The van der Waals surface area contributed by atoms with Gasteiger partial charge in [-0.1, -0.05) is 89.2 Å². The molecule has 0 aliphatic rings. The average Bonchev–Trinajstić information content (AvgIpc) is 2.79. The van der Waals surface area contributed by atoms with Crippen molar-refractivity contribution in [3.05, 3.63) is 89.5 Å². The molecule has 0 heterocycles. The number of rotatable bonds is 10. The number of para-hydroxylation sites is 1. The van der Waals surface area contributed by atoms with E-state index in [0.717, 1.165) is 30.0 Å². The van der Waals surface area contributed by atoms with Crippen molar-refractivity contribution >= 4 is 13.9 Å². The van der Waals surface area contributed by atoms with Crippen molar-refractivity contribution in [2.24, 2.45) is 0 Å². The molecule has 3 nitrogen and oxygen atoms in total. The molecule has 0 aliphatic heterocycles. The Bertz CT molecular complexity index is 945. The molecule has 3 rings (SSSR count). The van der Waals surface area contributed by atoms with Crippen LogP contribution in [-0.2, 0) is 18.3 Å². The summed E-state index contributed by atoms with van der Waals surface area (Å²) in [5.74, 6) is 1.64. The molecule has 30 heavy (non-hydrogen) atoms. The van der Waals surface area contributed by atoms with E-state index in [0.29, 0.717) is 15.2 Å². The van der Waals surface area contributed by atoms with Crippen molar-refractivity contribution in [1.82, 2.24) is 5.32 Å². The number of methoxy groups -OCH3 is 1. The fraction of sp³-hybridized carbons (Fsp3) is 0.308. The molecule has 0 aromatic heterocycles. The van der Waals surface area contributed by atoms with Gasteiger partial charge in [-0.2, -0.15) is 0 Å². The summed E-state index contributed by atoms with van der Waals surface area (Å²) < 4.78 is 12.1. The van der Waals surface area contributed by atoms with Crippen LogP contribution in [0, 0.1) is 0 Å². The van der Waals surface area contributed by atoms with E-state index in [1.807, 2.05) is 31.3 Å². The largest absolute Gasteiger partial charge is 0.493 e. The third kappa shape index (κ3) is 5.22. The van der Waals surface area contributed by atoms with Crippen molar-refractivity contribution in [1.29, 1.82) is 0 Å². The lowest BCUT2D eigenvalue weighted by Gasteiger charge is -2.32. The van der Waals surface area contributed by atoms with Gasteiger partial charge in [0.15, 0.2) is 11.5 Å². The third-order valence-corrected chi connectivity index (χ3v) is 7.45. The highest BCUT2D eigenvalue weighted by atomic mass is 31.1. The van der Waals surface area contributed by atoms with Crippen LogP contribution < -0.4 is 20.1 Å². The minimum atomic E-state index is -0.0512. The number of benzene rings is 3. The molecule has 2 unspecified atom stereocenters. The van der Waals surface area contributed by atoms with Crippen molar-refractivity contribution < 1.29 is 9.47 Å². The van der Waals surface area contributed by atoms with Gasteiger partial charge in [0.25, 0.3) is 0 Å². The highest BCUT2D eigenvalue weighted by Crippen LogP contribution is 2.50. The summed E-state index contributed by atoms with van der Waals surface area (Å²) in [5, 5.41) is 4.64. The molecule has 2 atom stereocenters. The highest BCUT2D eigenvalue weighted by Gasteiger charge is 2.31. The fourth-order valence-electron chi connectivity index (χ4n) is 3.62. The first-order valence-corrected chi connectivity index (χ1v) is 11.5. The SMILES string of the molecule is CCC(C)(Pc1ccccc1CNC)c1cccc(OC)c1OCc1ccccc1. The number of hydrogen-bond acceptors (Lipinski definition) is 3. The maximum Gasteiger partial charge on any atom is 0.165 e. The van der Waals surface area contributed by atoms with Gasteiger partial charge in [0.2, 0.25) is 0 Å². The molecule has 0 saturated heterocycles. The predicted molar refractivity (Wildman–Crippen MR) is 129 cm³/mol. The zero-order valence-electron chi connectivity index (χ0n) is 18.4. The molecule has 158 valence electrons. The standard InChI is InChI=1S/C26H32NO2P/c1-5-26(2,30-24-17-10-9-14-21(24)18-27-3)22-15-11-16-23(28-4)25(22)29-19-20-12-7-6-8-13-20/h6-17,27,30H,5,18-19H2,1-4H3. The van der Waals surface area contributed by atoms with E-state index in [2.05, 4.69) is 67.7 Å². The van der Waals surface area contributed by atoms with Crippen LogP contribution in [0.15, 0.2) is 72.8 Å². The average molecular weight is 422 g/mol. The van der Waals surface area contributed by atoms with E-state index in [-0.39, 0.29) is 5.16 Å². The van der Waals surface area contributed by atoms with Gasteiger partial charge in [0.05, 0.1) is 7.11 Å². The zero-order chi connectivity index (χ0) is 21.4. The first-order valence-electron chi connectivity index (χ1n) is 10.5. The van der Waals surface area contributed by atoms with Crippen LogP contribution in [0.1, 0.15) is 37.0 Å². The molecule has 3 aromatic rings. The third-order valence-electron chi connectivity index (χ3n) is 5.52.